The molecular weight excluding hydrogens is 410 g/mol. The largest absolute Gasteiger partial charge is 0.385 e. The number of rotatable bonds is 3. The summed E-state index contributed by atoms with van der Waals surface area (Å²) in [4.78, 5) is 16.0. The molecule has 3 rings (SSSR count). The molecule has 0 radical (unpaired) electrons. The summed E-state index contributed by atoms with van der Waals surface area (Å²) in [7, 11) is 0. The minimum absolute atomic E-state index is 0.0701. The Morgan fingerprint density at radius 3 is 2.38 bits per heavy atom. The number of anilines is 1. The number of carbonyl (C=O) groups excluding carboxylic acids is 1. The van der Waals surface area contributed by atoms with Crippen molar-refractivity contribution in [2.75, 3.05) is 5.32 Å². The molecule has 0 fully saturated rings. The topological polar surface area (TPSA) is 67.5 Å². The van der Waals surface area contributed by atoms with Crippen LogP contribution in [-0.2, 0) is 5.54 Å². The molecule has 9 heteroatoms. The predicted molar refractivity (Wildman–Crippen MR) is 104 cm³/mol. The highest BCUT2D eigenvalue weighted by Crippen LogP contribution is 2.50. The zero-order chi connectivity index (χ0) is 21.6. The van der Waals surface area contributed by atoms with E-state index in [0.717, 1.165) is 26.0 Å². The molecule has 2 aromatic rings. The number of hydrogen-bond acceptors (Lipinski definition) is 3. The second kappa shape index (κ2) is 7.02. The summed E-state index contributed by atoms with van der Waals surface area (Å²) in [6.07, 6.45) is -1.24. The van der Waals surface area contributed by atoms with Gasteiger partial charge in [-0.15, -0.1) is 0 Å². The fourth-order valence-corrected chi connectivity index (χ4v) is 3.28. The quantitative estimate of drug-likeness (QED) is 0.671. The Hall–Kier alpha value is -2.61. The maximum absolute atomic E-state index is 14.8. The van der Waals surface area contributed by atoms with Gasteiger partial charge in [-0.05, 0) is 56.3 Å². The molecule has 154 valence electrons. The van der Waals surface area contributed by atoms with Crippen LogP contribution in [0.4, 0.5) is 23.2 Å². The average molecular weight is 428 g/mol. The van der Waals surface area contributed by atoms with E-state index in [1.807, 2.05) is 0 Å². The van der Waals surface area contributed by atoms with E-state index in [1.165, 1.54) is 30.3 Å². The monoisotopic (exact) mass is 427 g/mol. The van der Waals surface area contributed by atoms with Gasteiger partial charge in [-0.25, -0.2) is 17.6 Å². The van der Waals surface area contributed by atoms with E-state index in [-0.39, 0.29) is 11.3 Å². The van der Waals surface area contributed by atoms with Crippen LogP contribution in [0.2, 0.25) is 5.02 Å². The average Bonchev–Trinajstić information content (AvgIpc) is 2.61. The Bertz CT molecular complexity index is 992. The SMILES string of the molecule is C[C@@]1(F)CC(F)(F)[C@@](C)(c2cc(NC(=O)c3ccc(Cl)cc3)ccc2F)N=C1N. The van der Waals surface area contributed by atoms with Crippen LogP contribution in [0, 0.1) is 5.82 Å². The van der Waals surface area contributed by atoms with E-state index in [4.69, 9.17) is 17.3 Å². The first-order valence-electron chi connectivity index (χ1n) is 8.65. The van der Waals surface area contributed by atoms with Gasteiger partial charge in [0.1, 0.15) is 11.7 Å². The second-order valence-electron chi connectivity index (χ2n) is 7.30. The van der Waals surface area contributed by atoms with Crippen molar-refractivity contribution < 1.29 is 22.4 Å². The van der Waals surface area contributed by atoms with Gasteiger partial charge in [0.05, 0.1) is 6.42 Å². The normalized spacial score (nSPS) is 26.0. The van der Waals surface area contributed by atoms with Gasteiger partial charge in [-0.2, -0.15) is 0 Å². The molecular formula is C20H18ClF4N3O. The number of nitrogens with one attached hydrogen (secondary N) is 1. The zero-order valence-corrected chi connectivity index (χ0v) is 16.3. The number of alkyl halides is 3. The lowest BCUT2D eigenvalue weighted by atomic mass is 9.77. The highest BCUT2D eigenvalue weighted by Gasteiger charge is 2.60. The van der Waals surface area contributed by atoms with Gasteiger partial charge in [-0.1, -0.05) is 11.6 Å². The first-order chi connectivity index (χ1) is 13.4. The van der Waals surface area contributed by atoms with Crippen molar-refractivity contribution in [3.8, 4) is 0 Å². The molecule has 1 amide bonds. The standard InChI is InChI=1S/C20H18ClF4N3O/c1-18(23)10-20(24,25)19(2,28-17(18)26)14-9-13(7-8-15(14)22)27-16(29)11-3-5-12(21)6-4-11/h3-9H,10H2,1-2H3,(H2,26,28)(H,27,29)/t18-,19-/m1/s1. The van der Waals surface area contributed by atoms with Gasteiger partial charge in [0.15, 0.2) is 11.2 Å². The number of aliphatic imine (C=N–C) groups is 1. The minimum atomic E-state index is -3.72. The summed E-state index contributed by atoms with van der Waals surface area (Å²) in [5.41, 5.74) is 0.425. The van der Waals surface area contributed by atoms with Crippen LogP contribution < -0.4 is 11.1 Å². The molecule has 4 nitrogen and oxygen atoms in total. The summed E-state index contributed by atoms with van der Waals surface area (Å²) in [5, 5.41) is 2.95. The maximum atomic E-state index is 14.8. The van der Waals surface area contributed by atoms with Crippen molar-refractivity contribution in [3.05, 3.63) is 64.4 Å². The molecule has 0 saturated carbocycles. The summed E-state index contributed by atoms with van der Waals surface area (Å²) in [5.74, 6) is -5.88. The Balaban J connectivity index is 2.00. The van der Waals surface area contributed by atoms with Crippen LogP contribution in [0.5, 0.6) is 0 Å². The van der Waals surface area contributed by atoms with E-state index in [2.05, 4.69) is 10.3 Å². The van der Waals surface area contributed by atoms with Crippen LogP contribution in [0.3, 0.4) is 0 Å². The summed E-state index contributed by atoms with van der Waals surface area (Å²) < 4.78 is 58.4. The van der Waals surface area contributed by atoms with Crippen molar-refractivity contribution in [1.82, 2.24) is 0 Å². The molecule has 1 aliphatic rings. The number of amidine groups is 1. The van der Waals surface area contributed by atoms with Crippen molar-refractivity contribution in [1.29, 1.82) is 0 Å². The molecule has 0 spiro atoms. The maximum Gasteiger partial charge on any atom is 0.280 e. The Kier molecular flexibility index (Phi) is 5.11. The molecule has 0 aromatic heterocycles. The van der Waals surface area contributed by atoms with Crippen molar-refractivity contribution >= 4 is 29.0 Å². The Morgan fingerprint density at radius 2 is 1.76 bits per heavy atom. The van der Waals surface area contributed by atoms with E-state index >= 15 is 0 Å². The number of carbonyl (C=O) groups is 1. The van der Waals surface area contributed by atoms with E-state index in [0.29, 0.717) is 5.02 Å². The first-order valence-corrected chi connectivity index (χ1v) is 9.03. The fraction of sp³-hybridized carbons (Fsp3) is 0.300. The molecule has 0 aliphatic carbocycles. The molecule has 3 N–H and O–H groups in total. The van der Waals surface area contributed by atoms with Crippen LogP contribution in [0.25, 0.3) is 0 Å². The Labute approximate surface area is 169 Å². The lowest BCUT2D eigenvalue weighted by Crippen LogP contribution is -2.56. The van der Waals surface area contributed by atoms with Gasteiger partial charge >= 0.3 is 0 Å². The third kappa shape index (κ3) is 3.81. The molecule has 0 unspecified atom stereocenters. The molecule has 1 aliphatic heterocycles. The van der Waals surface area contributed by atoms with E-state index in [9.17, 15) is 22.4 Å². The minimum Gasteiger partial charge on any atom is -0.385 e. The predicted octanol–water partition coefficient (Wildman–Crippen LogP) is 5.07. The lowest BCUT2D eigenvalue weighted by molar-refractivity contribution is -0.106. The number of amides is 1. The van der Waals surface area contributed by atoms with Gasteiger partial charge in [-0.3, -0.25) is 9.79 Å². The number of hydrogen-bond donors (Lipinski definition) is 2. The third-order valence-corrected chi connectivity index (χ3v) is 5.25. The number of nitrogens with zero attached hydrogens (tertiary/aromatic N) is 1. The summed E-state index contributed by atoms with van der Waals surface area (Å²) in [6, 6.07) is 9.20. The van der Waals surface area contributed by atoms with Crippen molar-refractivity contribution in [2.24, 2.45) is 10.7 Å². The van der Waals surface area contributed by atoms with E-state index in [1.54, 1.807) is 0 Å². The van der Waals surface area contributed by atoms with Crippen LogP contribution in [0.1, 0.15) is 36.2 Å². The van der Waals surface area contributed by atoms with E-state index < -0.39 is 46.7 Å². The fourth-order valence-electron chi connectivity index (χ4n) is 3.16. The van der Waals surface area contributed by atoms with Crippen molar-refractivity contribution in [3.63, 3.8) is 0 Å². The molecule has 2 aromatic carbocycles. The van der Waals surface area contributed by atoms with Crippen LogP contribution in [-0.4, -0.2) is 23.3 Å². The molecule has 2 atom stereocenters. The van der Waals surface area contributed by atoms with Gasteiger partial charge in [0.2, 0.25) is 0 Å². The molecule has 0 bridgehead atoms. The number of benzene rings is 2. The van der Waals surface area contributed by atoms with Crippen LogP contribution >= 0.6 is 11.6 Å². The Morgan fingerprint density at radius 1 is 1.14 bits per heavy atom. The van der Waals surface area contributed by atoms with Gasteiger partial charge in [0.25, 0.3) is 11.8 Å². The molecule has 0 saturated heterocycles. The third-order valence-electron chi connectivity index (χ3n) is 5.00. The molecule has 1 heterocycles. The first kappa shape index (κ1) is 21.1. The van der Waals surface area contributed by atoms with Crippen LogP contribution in [0.15, 0.2) is 47.5 Å². The number of halogens is 5. The molecule has 29 heavy (non-hydrogen) atoms. The second-order valence-corrected chi connectivity index (χ2v) is 7.74. The van der Waals surface area contributed by atoms with Gasteiger partial charge < -0.3 is 11.1 Å². The van der Waals surface area contributed by atoms with Gasteiger partial charge in [0, 0.05) is 21.8 Å². The summed E-state index contributed by atoms with van der Waals surface area (Å²) in [6.45, 7) is 1.89. The highest BCUT2D eigenvalue weighted by molar-refractivity contribution is 6.30. The van der Waals surface area contributed by atoms with Crippen molar-refractivity contribution in [2.45, 2.75) is 37.4 Å². The smallest absolute Gasteiger partial charge is 0.280 e. The summed E-state index contributed by atoms with van der Waals surface area (Å²) >= 11 is 5.78. The lowest BCUT2D eigenvalue weighted by Gasteiger charge is -2.42. The zero-order valence-electron chi connectivity index (χ0n) is 15.6. The highest BCUT2D eigenvalue weighted by atomic mass is 35.5. The number of nitrogens with two attached hydrogens (primary N) is 1.